The Morgan fingerprint density at radius 3 is 2.21 bits per heavy atom. The van der Waals surface area contributed by atoms with E-state index in [1.807, 2.05) is 61.3 Å². The van der Waals surface area contributed by atoms with Crippen LogP contribution in [0.15, 0.2) is 42.5 Å². The molecule has 2 aromatic rings. The van der Waals surface area contributed by atoms with E-state index in [2.05, 4.69) is 5.32 Å². The summed E-state index contributed by atoms with van der Waals surface area (Å²) in [4.78, 5) is 14.5. The lowest BCUT2D eigenvalue weighted by atomic mass is 10.1. The second-order valence-corrected chi connectivity index (χ2v) is 6.66. The maximum absolute atomic E-state index is 12.5. The van der Waals surface area contributed by atoms with Crippen LogP contribution in [0, 0.1) is 0 Å². The maximum Gasteiger partial charge on any atom is 0.237 e. The molecule has 0 aliphatic rings. The number of amides is 1. The summed E-state index contributed by atoms with van der Waals surface area (Å²) >= 11 is 0. The highest BCUT2D eigenvalue weighted by Gasteiger charge is 2.17. The van der Waals surface area contributed by atoms with Gasteiger partial charge in [-0.25, -0.2) is 0 Å². The van der Waals surface area contributed by atoms with Gasteiger partial charge in [0.25, 0.3) is 0 Å². The monoisotopic (exact) mass is 386 g/mol. The fraction of sp³-hybridized carbons (Fsp3) is 0.409. The van der Waals surface area contributed by atoms with Crippen molar-refractivity contribution in [2.45, 2.75) is 25.9 Å². The van der Waals surface area contributed by atoms with E-state index in [9.17, 15) is 4.79 Å². The number of carbonyl (C=O) groups excluding carboxylic acids is 1. The number of ether oxygens (including phenoxy) is 3. The van der Waals surface area contributed by atoms with Crippen molar-refractivity contribution in [2.75, 3.05) is 34.9 Å². The van der Waals surface area contributed by atoms with E-state index in [1.165, 1.54) is 0 Å². The third kappa shape index (κ3) is 5.89. The van der Waals surface area contributed by atoms with Gasteiger partial charge < -0.3 is 19.5 Å². The number of nitrogens with one attached hydrogen (secondary N) is 1. The zero-order chi connectivity index (χ0) is 20.5. The number of carbonyl (C=O) groups is 1. The first kappa shape index (κ1) is 21.6. The van der Waals surface area contributed by atoms with Crippen LogP contribution in [0.2, 0.25) is 0 Å². The third-order valence-corrected chi connectivity index (χ3v) is 4.87. The Bertz CT molecular complexity index is 762. The minimum absolute atomic E-state index is 0.00521. The molecule has 0 heterocycles. The van der Waals surface area contributed by atoms with Crippen molar-refractivity contribution in [1.29, 1.82) is 0 Å². The molecule has 1 N–H and O–H groups in total. The first-order valence-corrected chi connectivity index (χ1v) is 9.30. The zero-order valence-electron chi connectivity index (χ0n) is 17.3. The Morgan fingerprint density at radius 2 is 1.61 bits per heavy atom. The molecular formula is C22H30N2O4. The molecule has 0 bridgehead atoms. The van der Waals surface area contributed by atoms with Gasteiger partial charge in [0.2, 0.25) is 5.91 Å². The van der Waals surface area contributed by atoms with Gasteiger partial charge in [-0.15, -0.1) is 0 Å². The molecule has 28 heavy (non-hydrogen) atoms. The largest absolute Gasteiger partial charge is 0.497 e. The van der Waals surface area contributed by atoms with Crippen LogP contribution in [0.5, 0.6) is 17.2 Å². The molecule has 2 rings (SSSR count). The SMILES string of the molecule is COc1ccc(CNC(=O)[C@@H](C)N(C)CCc2ccc(OC)c(OC)c2)cc1. The van der Waals surface area contributed by atoms with Crippen LogP contribution in [0.1, 0.15) is 18.1 Å². The molecule has 0 aliphatic heterocycles. The first-order chi connectivity index (χ1) is 13.5. The van der Waals surface area contributed by atoms with Gasteiger partial charge in [0, 0.05) is 13.1 Å². The lowest BCUT2D eigenvalue weighted by Crippen LogP contribution is -2.43. The molecule has 0 saturated carbocycles. The van der Waals surface area contributed by atoms with Crippen molar-refractivity contribution in [3.8, 4) is 17.2 Å². The molecule has 0 aliphatic carbocycles. The molecule has 6 nitrogen and oxygen atoms in total. The van der Waals surface area contributed by atoms with Crippen LogP contribution in [0.4, 0.5) is 0 Å². The Hall–Kier alpha value is -2.73. The third-order valence-electron chi connectivity index (χ3n) is 4.87. The molecule has 0 saturated heterocycles. The highest BCUT2D eigenvalue weighted by molar-refractivity contribution is 5.81. The summed E-state index contributed by atoms with van der Waals surface area (Å²) in [7, 11) is 6.84. The number of benzene rings is 2. The van der Waals surface area contributed by atoms with Crippen molar-refractivity contribution in [3.63, 3.8) is 0 Å². The quantitative estimate of drug-likeness (QED) is 0.680. The molecule has 0 radical (unpaired) electrons. The van der Waals surface area contributed by atoms with Gasteiger partial charge in [-0.2, -0.15) is 0 Å². The first-order valence-electron chi connectivity index (χ1n) is 9.30. The van der Waals surface area contributed by atoms with Crippen molar-refractivity contribution in [1.82, 2.24) is 10.2 Å². The number of hydrogen-bond donors (Lipinski definition) is 1. The normalized spacial score (nSPS) is 11.8. The van der Waals surface area contributed by atoms with E-state index in [1.54, 1.807) is 21.3 Å². The predicted molar refractivity (Wildman–Crippen MR) is 110 cm³/mol. The lowest BCUT2D eigenvalue weighted by Gasteiger charge is -2.24. The summed E-state index contributed by atoms with van der Waals surface area (Å²) in [6.07, 6.45) is 0.812. The summed E-state index contributed by atoms with van der Waals surface area (Å²) in [5, 5.41) is 2.99. The smallest absolute Gasteiger partial charge is 0.237 e. The van der Waals surface area contributed by atoms with Crippen molar-refractivity contribution in [2.24, 2.45) is 0 Å². The molecule has 1 amide bonds. The van der Waals surface area contributed by atoms with Gasteiger partial charge >= 0.3 is 0 Å². The molecule has 1 atom stereocenters. The maximum atomic E-state index is 12.5. The highest BCUT2D eigenvalue weighted by atomic mass is 16.5. The minimum Gasteiger partial charge on any atom is -0.497 e. The Morgan fingerprint density at radius 1 is 0.964 bits per heavy atom. The molecule has 0 spiro atoms. The highest BCUT2D eigenvalue weighted by Crippen LogP contribution is 2.27. The Balaban J connectivity index is 1.83. The average molecular weight is 386 g/mol. The topological polar surface area (TPSA) is 60.0 Å². The van der Waals surface area contributed by atoms with E-state index >= 15 is 0 Å². The summed E-state index contributed by atoms with van der Waals surface area (Å²) < 4.78 is 15.8. The van der Waals surface area contributed by atoms with Gasteiger partial charge in [-0.05, 0) is 55.8 Å². The van der Waals surface area contributed by atoms with Gasteiger partial charge in [0.05, 0.1) is 27.4 Å². The lowest BCUT2D eigenvalue weighted by molar-refractivity contribution is -0.125. The average Bonchev–Trinajstić information content (AvgIpc) is 2.75. The summed E-state index contributed by atoms with van der Waals surface area (Å²) in [6.45, 7) is 3.17. The molecule has 0 fully saturated rings. The van der Waals surface area contributed by atoms with Crippen LogP contribution in [-0.2, 0) is 17.8 Å². The van der Waals surface area contributed by atoms with Gasteiger partial charge in [0.1, 0.15) is 5.75 Å². The van der Waals surface area contributed by atoms with Crippen LogP contribution in [-0.4, -0.2) is 51.8 Å². The second kappa shape index (κ2) is 10.6. The van der Waals surface area contributed by atoms with Gasteiger partial charge in [0.15, 0.2) is 11.5 Å². The molecule has 0 unspecified atom stereocenters. The Labute approximate surface area is 167 Å². The van der Waals surface area contributed by atoms with Gasteiger partial charge in [-0.3, -0.25) is 9.69 Å². The molecular weight excluding hydrogens is 356 g/mol. The van der Waals surface area contributed by atoms with Crippen molar-refractivity contribution < 1.29 is 19.0 Å². The van der Waals surface area contributed by atoms with E-state index in [0.29, 0.717) is 18.0 Å². The van der Waals surface area contributed by atoms with E-state index in [4.69, 9.17) is 14.2 Å². The zero-order valence-corrected chi connectivity index (χ0v) is 17.3. The number of rotatable bonds is 10. The standard InChI is InChI=1S/C22H30N2O4/c1-16(22(25)23-15-18-6-9-19(26-3)10-7-18)24(2)13-12-17-8-11-20(27-4)21(14-17)28-5/h6-11,14,16H,12-13,15H2,1-5H3,(H,23,25)/t16-/m1/s1. The minimum atomic E-state index is -0.224. The molecule has 0 aromatic heterocycles. The number of methoxy groups -OCH3 is 3. The fourth-order valence-corrected chi connectivity index (χ4v) is 2.82. The number of hydrogen-bond acceptors (Lipinski definition) is 5. The number of nitrogens with zero attached hydrogens (tertiary/aromatic N) is 1. The second-order valence-electron chi connectivity index (χ2n) is 6.66. The fourth-order valence-electron chi connectivity index (χ4n) is 2.82. The van der Waals surface area contributed by atoms with Crippen molar-refractivity contribution in [3.05, 3.63) is 53.6 Å². The van der Waals surface area contributed by atoms with E-state index in [-0.39, 0.29) is 11.9 Å². The molecule has 152 valence electrons. The molecule has 6 heteroatoms. The summed E-state index contributed by atoms with van der Waals surface area (Å²) in [5.74, 6) is 2.24. The summed E-state index contributed by atoms with van der Waals surface area (Å²) in [6, 6.07) is 13.3. The Kier molecular flexibility index (Phi) is 8.14. The number of likely N-dealkylation sites (N-methyl/N-ethyl adjacent to an activating group) is 1. The summed E-state index contributed by atoms with van der Waals surface area (Å²) in [5.41, 5.74) is 2.17. The molecule has 2 aromatic carbocycles. The van der Waals surface area contributed by atoms with Crippen LogP contribution < -0.4 is 19.5 Å². The predicted octanol–water partition coefficient (Wildman–Crippen LogP) is 2.89. The van der Waals surface area contributed by atoms with E-state index in [0.717, 1.165) is 29.8 Å². The van der Waals surface area contributed by atoms with Crippen LogP contribution in [0.25, 0.3) is 0 Å². The van der Waals surface area contributed by atoms with Crippen LogP contribution in [0.3, 0.4) is 0 Å². The van der Waals surface area contributed by atoms with E-state index < -0.39 is 0 Å². The van der Waals surface area contributed by atoms with Crippen LogP contribution >= 0.6 is 0 Å². The van der Waals surface area contributed by atoms with Crippen molar-refractivity contribution >= 4 is 5.91 Å². The van der Waals surface area contributed by atoms with Gasteiger partial charge in [-0.1, -0.05) is 18.2 Å².